The minimum atomic E-state index is -0.929. The minimum absolute atomic E-state index is 0.161. The average Bonchev–Trinajstić information content (AvgIpc) is 2.55. The zero-order valence-electron chi connectivity index (χ0n) is 12.1. The Morgan fingerprint density at radius 3 is 2.17 bits per heavy atom. The molecule has 0 saturated carbocycles. The predicted octanol–water partition coefficient (Wildman–Crippen LogP) is 2.18. The highest BCUT2D eigenvalue weighted by molar-refractivity contribution is 6.43. The smallest absolute Gasteiger partial charge is 0.314 e. The third-order valence-electron chi connectivity index (χ3n) is 2.87. The zero-order valence-corrected chi connectivity index (χ0v) is 12.1. The number of hydrogen-bond acceptors (Lipinski definition) is 5. The lowest BCUT2D eigenvalue weighted by molar-refractivity contribution is -0.384. The van der Waals surface area contributed by atoms with Crippen LogP contribution in [0, 0.1) is 10.1 Å². The zero-order chi connectivity index (χ0) is 16.8. The molecule has 0 aliphatic rings. The Kier molecular flexibility index (Phi) is 4.88. The van der Waals surface area contributed by atoms with Crippen LogP contribution in [0.15, 0.2) is 48.5 Å². The van der Waals surface area contributed by atoms with Gasteiger partial charge in [0.15, 0.2) is 0 Å². The molecule has 0 heterocycles. The quantitative estimate of drug-likeness (QED) is 0.510. The summed E-state index contributed by atoms with van der Waals surface area (Å²) in [6.07, 6.45) is 0. The maximum Gasteiger partial charge on any atom is 0.314 e. The fraction of sp³-hybridized carbons (Fsp3) is 0.0667. The number of non-ortho nitro benzene ring substituents is 1. The molecule has 0 atom stereocenters. The predicted molar refractivity (Wildman–Crippen MR) is 83.3 cm³/mol. The highest BCUT2D eigenvalue weighted by atomic mass is 16.6. The van der Waals surface area contributed by atoms with Crippen molar-refractivity contribution < 1.29 is 19.2 Å². The van der Waals surface area contributed by atoms with Gasteiger partial charge in [-0.15, -0.1) is 0 Å². The third-order valence-corrected chi connectivity index (χ3v) is 2.87. The molecule has 0 bridgehead atoms. The van der Waals surface area contributed by atoms with E-state index in [0.29, 0.717) is 11.4 Å². The maximum atomic E-state index is 11.8. The number of nitro groups is 1. The lowest BCUT2D eigenvalue weighted by Gasteiger charge is -2.07. The van der Waals surface area contributed by atoms with Crippen molar-refractivity contribution in [3.8, 4) is 5.75 Å². The fourth-order valence-corrected chi connectivity index (χ4v) is 1.75. The number of methoxy groups -OCH3 is 1. The van der Waals surface area contributed by atoms with Gasteiger partial charge in [-0.25, -0.2) is 0 Å². The van der Waals surface area contributed by atoms with E-state index in [9.17, 15) is 19.7 Å². The molecule has 2 aromatic carbocycles. The number of hydrogen-bond donors (Lipinski definition) is 2. The number of amides is 2. The molecule has 0 aliphatic heterocycles. The van der Waals surface area contributed by atoms with Crippen molar-refractivity contribution in [1.29, 1.82) is 0 Å². The van der Waals surface area contributed by atoms with Crippen LogP contribution in [-0.2, 0) is 9.59 Å². The summed E-state index contributed by atoms with van der Waals surface area (Å²) in [5.74, 6) is -1.20. The van der Waals surface area contributed by atoms with Crippen molar-refractivity contribution in [2.45, 2.75) is 0 Å². The number of nitrogens with one attached hydrogen (secondary N) is 2. The van der Waals surface area contributed by atoms with Gasteiger partial charge in [-0.05, 0) is 30.3 Å². The summed E-state index contributed by atoms with van der Waals surface area (Å²) in [5.41, 5.74) is 0.400. The first-order valence-electron chi connectivity index (χ1n) is 6.50. The Hall–Kier alpha value is -3.42. The summed E-state index contributed by atoms with van der Waals surface area (Å²) in [5, 5.41) is 15.4. The van der Waals surface area contributed by atoms with Crippen molar-refractivity contribution in [3.63, 3.8) is 0 Å². The van der Waals surface area contributed by atoms with Crippen LogP contribution in [0.25, 0.3) is 0 Å². The molecule has 0 radical (unpaired) electrons. The minimum Gasteiger partial charge on any atom is -0.497 e. The van der Waals surface area contributed by atoms with Gasteiger partial charge >= 0.3 is 11.8 Å². The fourth-order valence-electron chi connectivity index (χ4n) is 1.75. The van der Waals surface area contributed by atoms with Crippen molar-refractivity contribution >= 4 is 28.9 Å². The molecule has 0 fully saturated rings. The summed E-state index contributed by atoms with van der Waals surface area (Å²) in [7, 11) is 1.51. The molecule has 0 saturated heterocycles. The summed E-state index contributed by atoms with van der Waals surface area (Å²) in [6.45, 7) is 0. The van der Waals surface area contributed by atoms with Crippen LogP contribution >= 0.6 is 0 Å². The van der Waals surface area contributed by atoms with Crippen molar-refractivity contribution in [2.24, 2.45) is 0 Å². The molecule has 0 aromatic heterocycles. The van der Waals surface area contributed by atoms with Crippen LogP contribution in [0.1, 0.15) is 0 Å². The molecule has 8 heteroatoms. The van der Waals surface area contributed by atoms with Gasteiger partial charge in [0.1, 0.15) is 5.75 Å². The normalized spacial score (nSPS) is 9.78. The highest BCUT2D eigenvalue weighted by Crippen LogP contribution is 2.17. The van der Waals surface area contributed by atoms with Gasteiger partial charge < -0.3 is 15.4 Å². The lowest BCUT2D eigenvalue weighted by Crippen LogP contribution is -2.29. The van der Waals surface area contributed by atoms with Crippen LogP contribution in [0.3, 0.4) is 0 Å². The first kappa shape index (κ1) is 16.0. The van der Waals surface area contributed by atoms with Gasteiger partial charge in [0.2, 0.25) is 0 Å². The summed E-state index contributed by atoms with van der Waals surface area (Å²) in [4.78, 5) is 33.7. The van der Waals surface area contributed by atoms with E-state index in [1.807, 2.05) is 0 Å². The summed E-state index contributed by atoms with van der Waals surface area (Å²) < 4.78 is 4.98. The molecule has 0 aliphatic carbocycles. The number of nitrogens with zero attached hydrogens (tertiary/aromatic N) is 1. The van der Waals surface area contributed by atoms with Gasteiger partial charge in [-0.2, -0.15) is 0 Å². The molecule has 2 N–H and O–H groups in total. The molecular weight excluding hydrogens is 302 g/mol. The van der Waals surface area contributed by atoms with E-state index in [4.69, 9.17) is 4.74 Å². The first-order valence-corrected chi connectivity index (χ1v) is 6.50. The second kappa shape index (κ2) is 7.03. The van der Waals surface area contributed by atoms with E-state index in [2.05, 4.69) is 10.6 Å². The van der Waals surface area contributed by atoms with E-state index < -0.39 is 16.7 Å². The Bertz CT molecular complexity index is 743. The SMILES string of the molecule is COc1ccc(NC(=O)C(=O)Nc2cccc([N+](=O)[O-])c2)cc1. The van der Waals surface area contributed by atoms with Crippen LogP contribution in [0.5, 0.6) is 5.75 Å². The lowest BCUT2D eigenvalue weighted by atomic mass is 10.2. The van der Waals surface area contributed by atoms with E-state index in [0.717, 1.165) is 0 Å². The first-order chi connectivity index (χ1) is 11.0. The molecule has 8 nitrogen and oxygen atoms in total. The standard InChI is InChI=1S/C15H13N3O5/c1-23-13-7-5-10(6-8-13)16-14(19)15(20)17-11-3-2-4-12(9-11)18(21)22/h2-9H,1H3,(H,16,19)(H,17,20). The van der Waals surface area contributed by atoms with Gasteiger partial charge in [-0.1, -0.05) is 6.07 Å². The molecule has 2 rings (SSSR count). The number of nitro benzene ring substituents is 1. The monoisotopic (exact) mass is 315 g/mol. The summed E-state index contributed by atoms with van der Waals surface area (Å²) >= 11 is 0. The van der Waals surface area contributed by atoms with E-state index >= 15 is 0 Å². The average molecular weight is 315 g/mol. The van der Waals surface area contributed by atoms with Crippen LogP contribution < -0.4 is 15.4 Å². The highest BCUT2D eigenvalue weighted by Gasteiger charge is 2.15. The summed E-state index contributed by atoms with van der Waals surface area (Å²) in [6, 6.07) is 11.7. The van der Waals surface area contributed by atoms with Crippen LogP contribution in [0.2, 0.25) is 0 Å². The number of ether oxygens (including phenoxy) is 1. The van der Waals surface area contributed by atoms with Gasteiger partial charge in [0.25, 0.3) is 5.69 Å². The Balaban J connectivity index is 2.00. The number of anilines is 2. The van der Waals surface area contributed by atoms with Gasteiger partial charge in [0.05, 0.1) is 12.0 Å². The molecule has 23 heavy (non-hydrogen) atoms. The number of rotatable bonds is 4. The van der Waals surface area contributed by atoms with E-state index in [1.165, 1.54) is 31.4 Å². The molecule has 0 spiro atoms. The van der Waals surface area contributed by atoms with Gasteiger partial charge in [0, 0.05) is 23.5 Å². The van der Waals surface area contributed by atoms with E-state index in [-0.39, 0.29) is 11.4 Å². The van der Waals surface area contributed by atoms with Crippen molar-refractivity contribution in [3.05, 3.63) is 58.6 Å². The number of carbonyl (C=O) groups excluding carboxylic acids is 2. The Morgan fingerprint density at radius 1 is 1.00 bits per heavy atom. The van der Waals surface area contributed by atoms with Crippen molar-refractivity contribution in [2.75, 3.05) is 17.7 Å². The number of carbonyl (C=O) groups is 2. The Labute approximate surface area is 131 Å². The molecule has 118 valence electrons. The van der Waals surface area contributed by atoms with Crippen LogP contribution in [0.4, 0.5) is 17.1 Å². The molecule has 2 amide bonds. The third kappa shape index (κ3) is 4.27. The second-order valence-corrected chi connectivity index (χ2v) is 4.44. The Morgan fingerprint density at radius 2 is 1.61 bits per heavy atom. The molecular formula is C15H13N3O5. The van der Waals surface area contributed by atoms with E-state index in [1.54, 1.807) is 24.3 Å². The maximum absolute atomic E-state index is 11.8. The molecule has 2 aromatic rings. The van der Waals surface area contributed by atoms with Crippen molar-refractivity contribution in [1.82, 2.24) is 0 Å². The largest absolute Gasteiger partial charge is 0.497 e. The molecule has 0 unspecified atom stereocenters. The van der Waals surface area contributed by atoms with Gasteiger partial charge in [-0.3, -0.25) is 19.7 Å². The second-order valence-electron chi connectivity index (χ2n) is 4.44. The topological polar surface area (TPSA) is 111 Å². The number of benzene rings is 2. The van der Waals surface area contributed by atoms with Crippen LogP contribution in [-0.4, -0.2) is 23.8 Å².